The van der Waals surface area contributed by atoms with Crippen LogP contribution < -0.4 is 5.32 Å². The number of nitrogens with one attached hydrogen (secondary N) is 1. The molecule has 2 N–H and O–H groups in total. The maximum atomic E-state index is 12.4. The Labute approximate surface area is 139 Å². The molecule has 3 atom stereocenters. The second-order valence-corrected chi connectivity index (χ2v) is 7.82. The van der Waals surface area contributed by atoms with Gasteiger partial charge in [0.05, 0.1) is 6.10 Å². The molecule has 0 aromatic heterocycles. The number of piperidine rings is 1. The Morgan fingerprint density at radius 1 is 1.43 bits per heavy atom. The van der Waals surface area contributed by atoms with Crippen LogP contribution in [0.2, 0.25) is 0 Å². The second kappa shape index (κ2) is 7.36. The van der Waals surface area contributed by atoms with E-state index in [1.165, 1.54) is 0 Å². The number of likely N-dealkylation sites (tertiary alicyclic amines) is 1. The molecule has 2 heterocycles. The van der Waals surface area contributed by atoms with E-state index in [1.54, 1.807) is 0 Å². The van der Waals surface area contributed by atoms with Crippen molar-refractivity contribution in [1.82, 2.24) is 10.2 Å². The Bertz CT molecular complexity index is 410. The van der Waals surface area contributed by atoms with Crippen LogP contribution in [0.1, 0.15) is 53.4 Å². The highest BCUT2D eigenvalue weighted by Crippen LogP contribution is 2.25. The van der Waals surface area contributed by atoms with Gasteiger partial charge < -0.3 is 24.8 Å². The molecular weight excluding hydrogens is 296 g/mol. The number of amides is 1. The molecule has 0 aromatic rings. The zero-order valence-electron chi connectivity index (χ0n) is 14.9. The number of aliphatic hydroxyl groups is 1. The average Bonchev–Trinajstić information content (AvgIpc) is 2.77. The van der Waals surface area contributed by atoms with E-state index in [0.717, 1.165) is 25.8 Å². The monoisotopic (exact) mass is 328 g/mol. The van der Waals surface area contributed by atoms with Crippen LogP contribution in [0.25, 0.3) is 0 Å². The summed E-state index contributed by atoms with van der Waals surface area (Å²) < 4.78 is 11.0. The van der Waals surface area contributed by atoms with Crippen molar-refractivity contribution in [3.05, 3.63) is 0 Å². The summed E-state index contributed by atoms with van der Waals surface area (Å²) in [5.41, 5.74) is -1.27. The van der Waals surface area contributed by atoms with Gasteiger partial charge in [0, 0.05) is 38.7 Å². The fourth-order valence-electron chi connectivity index (χ4n) is 3.23. The Morgan fingerprint density at radius 2 is 2.17 bits per heavy atom. The van der Waals surface area contributed by atoms with Gasteiger partial charge in [0.1, 0.15) is 11.2 Å². The van der Waals surface area contributed by atoms with Crippen LogP contribution in [-0.2, 0) is 9.47 Å². The van der Waals surface area contributed by atoms with Gasteiger partial charge in [-0.05, 0) is 47.0 Å². The summed E-state index contributed by atoms with van der Waals surface area (Å²) in [7, 11) is 0. The molecule has 2 fully saturated rings. The van der Waals surface area contributed by atoms with Gasteiger partial charge in [-0.1, -0.05) is 0 Å². The number of hydrogen-bond donors (Lipinski definition) is 2. The van der Waals surface area contributed by atoms with E-state index < -0.39 is 11.2 Å². The third-order valence-corrected chi connectivity index (χ3v) is 4.73. The molecule has 2 aliphatic rings. The lowest BCUT2D eigenvalue weighted by molar-refractivity contribution is -0.0277. The summed E-state index contributed by atoms with van der Waals surface area (Å²) >= 11 is 0. The minimum absolute atomic E-state index is 0.125. The predicted octanol–water partition coefficient (Wildman–Crippen LogP) is 1.91. The molecule has 0 saturated carbocycles. The summed E-state index contributed by atoms with van der Waals surface area (Å²) in [4.78, 5) is 14.2. The van der Waals surface area contributed by atoms with Crippen molar-refractivity contribution in [1.29, 1.82) is 0 Å². The molecule has 2 aliphatic heterocycles. The molecule has 0 aliphatic carbocycles. The van der Waals surface area contributed by atoms with Crippen molar-refractivity contribution in [2.24, 2.45) is 0 Å². The molecule has 6 heteroatoms. The van der Waals surface area contributed by atoms with Crippen molar-refractivity contribution >= 4 is 6.09 Å². The molecule has 0 radical (unpaired) electrons. The second-order valence-electron chi connectivity index (χ2n) is 7.82. The van der Waals surface area contributed by atoms with Gasteiger partial charge in [-0.3, -0.25) is 0 Å². The first kappa shape index (κ1) is 18.5. The van der Waals surface area contributed by atoms with Gasteiger partial charge in [-0.25, -0.2) is 4.79 Å². The normalized spacial score (nSPS) is 32.1. The maximum Gasteiger partial charge on any atom is 0.410 e. The topological polar surface area (TPSA) is 71.0 Å². The van der Waals surface area contributed by atoms with Gasteiger partial charge >= 0.3 is 6.09 Å². The Morgan fingerprint density at radius 3 is 2.78 bits per heavy atom. The number of hydrogen-bond acceptors (Lipinski definition) is 5. The molecule has 0 bridgehead atoms. The van der Waals surface area contributed by atoms with E-state index in [-0.39, 0.29) is 18.2 Å². The lowest BCUT2D eigenvalue weighted by Gasteiger charge is -2.37. The van der Waals surface area contributed by atoms with Crippen LogP contribution >= 0.6 is 0 Å². The molecule has 1 amide bonds. The predicted molar refractivity (Wildman–Crippen MR) is 88.4 cm³/mol. The molecule has 2 rings (SSSR count). The summed E-state index contributed by atoms with van der Waals surface area (Å²) in [5.74, 6) is 0. The molecular formula is C17H32N2O4. The van der Waals surface area contributed by atoms with Crippen molar-refractivity contribution in [3.63, 3.8) is 0 Å². The Balaban J connectivity index is 1.85. The van der Waals surface area contributed by atoms with Gasteiger partial charge in [0.2, 0.25) is 0 Å². The standard InChI is InChI=1S/C17H32N2O4/c1-13-17(21,8-10-22-13)12-18-11-14-7-5-6-9-19(14)15(20)23-16(2,3)4/h13-14,18,21H,5-12H2,1-4H3. The van der Waals surface area contributed by atoms with Gasteiger partial charge in [0.25, 0.3) is 0 Å². The molecule has 0 spiro atoms. The lowest BCUT2D eigenvalue weighted by atomic mass is 9.96. The lowest BCUT2D eigenvalue weighted by Crippen LogP contribution is -2.53. The molecule has 23 heavy (non-hydrogen) atoms. The third-order valence-electron chi connectivity index (χ3n) is 4.73. The highest BCUT2D eigenvalue weighted by Gasteiger charge is 2.39. The Hall–Kier alpha value is -0.850. The Kier molecular flexibility index (Phi) is 5.92. The smallest absolute Gasteiger partial charge is 0.410 e. The van der Waals surface area contributed by atoms with Gasteiger partial charge in [-0.15, -0.1) is 0 Å². The van der Waals surface area contributed by atoms with Crippen molar-refractivity contribution in [2.75, 3.05) is 26.2 Å². The van der Waals surface area contributed by atoms with Crippen molar-refractivity contribution in [2.45, 2.75) is 76.7 Å². The van der Waals surface area contributed by atoms with Crippen LogP contribution in [0, 0.1) is 0 Å². The SMILES string of the molecule is CC1OCCC1(O)CNCC1CCCCN1C(=O)OC(C)(C)C. The van der Waals surface area contributed by atoms with Crippen molar-refractivity contribution < 1.29 is 19.4 Å². The highest BCUT2D eigenvalue weighted by molar-refractivity contribution is 5.68. The first-order valence-electron chi connectivity index (χ1n) is 8.76. The summed E-state index contributed by atoms with van der Waals surface area (Å²) in [6.07, 6.45) is 3.38. The molecule has 134 valence electrons. The number of rotatable bonds is 4. The van der Waals surface area contributed by atoms with E-state index in [4.69, 9.17) is 9.47 Å². The fourth-order valence-corrected chi connectivity index (χ4v) is 3.23. The highest BCUT2D eigenvalue weighted by atomic mass is 16.6. The molecule has 6 nitrogen and oxygen atoms in total. The van der Waals surface area contributed by atoms with Crippen LogP contribution in [-0.4, -0.2) is 65.7 Å². The van der Waals surface area contributed by atoms with E-state index in [2.05, 4.69) is 5.32 Å². The average molecular weight is 328 g/mol. The summed E-state index contributed by atoms with van der Waals surface area (Å²) in [5, 5.41) is 13.9. The van der Waals surface area contributed by atoms with Crippen molar-refractivity contribution in [3.8, 4) is 0 Å². The number of carbonyl (C=O) groups excluding carboxylic acids is 1. The number of carbonyl (C=O) groups is 1. The van der Waals surface area contributed by atoms with E-state index in [9.17, 15) is 9.90 Å². The first-order valence-corrected chi connectivity index (χ1v) is 8.76. The van der Waals surface area contributed by atoms with E-state index in [1.807, 2.05) is 32.6 Å². The van der Waals surface area contributed by atoms with Crippen LogP contribution in [0.5, 0.6) is 0 Å². The minimum atomic E-state index is -0.800. The fraction of sp³-hybridized carbons (Fsp3) is 0.941. The van der Waals surface area contributed by atoms with E-state index >= 15 is 0 Å². The van der Waals surface area contributed by atoms with Crippen LogP contribution in [0.4, 0.5) is 4.79 Å². The molecule has 0 aromatic carbocycles. The first-order chi connectivity index (χ1) is 10.7. The number of nitrogens with zero attached hydrogens (tertiary/aromatic N) is 1. The van der Waals surface area contributed by atoms with Gasteiger partial charge in [0.15, 0.2) is 0 Å². The summed E-state index contributed by atoms with van der Waals surface area (Å²) in [6, 6.07) is 0.125. The van der Waals surface area contributed by atoms with Crippen LogP contribution in [0.15, 0.2) is 0 Å². The zero-order chi connectivity index (χ0) is 17.1. The largest absolute Gasteiger partial charge is 0.444 e. The van der Waals surface area contributed by atoms with Crippen LogP contribution in [0.3, 0.4) is 0 Å². The van der Waals surface area contributed by atoms with E-state index in [0.29, 0.717) is 26.1 Å². The maximum absolute atomic E-state index is 12.4. The minimum Gasteiger partial charge on any atom is -0.444 e. The molecule has 2 saturated heterocycles. The molecule has 3 unspecified atom stereocenters. The zero-order valence-corrected chi connectivity index (χ0v) is 14.9. The number of ether oxygens (including phenoxy) is 2. The third kappa shape index (κ3) is 5.06. The quantitative estimate of drug-likeness (QED) is 0.825. The van der Waals surface area contributed by atoms with Gasteiger partial charge in [-0.2, -0.15) is 0 Å². The summed E-state index contributed by atoms with van der Waals surface area (Å²) in [6.45, 7) is 10.1.